The van der Waals surface area contributed by atoms with Crippen LogP contribution in [0, 0.1) is 0 Å². The van der Waals surface area contributed by atoms with E-state index in [-0.39, 0.29) is 12.5 Å². The Hall–Kier alpha value is -1.17. The number of primary amides is 1. The van der Waals surface area contributed by atoms with Crippen LogP contribution in [0.2, 0.25) is 0 Å². The Balaban J connectivity index is 2.25. The first-order valence-corrected chi connectivity index (χ1v) is 6.47. The molecule has 0 spiro atoms. The third-order valence-electron chi connectivity index (χ3n) is 2.69. The van der Waals surface area contributed by atoms with Gasteiger partial charge in [-0.15, -0.1) is 0 Å². The second kappa shape index (κ2) is 5.00. The minimum atomic E-state index is -0.352. The van der Waals surface area contributed by atoms with E-state index in [2.05, 4.69) is 25.9 Å². The van der Waals surface area contributed by atoms with Gasteiger partial charge in [0.05, 0.1) is 6.54 Å². The number of anilines is 1. The van der Waals surface area contributed by atoms with Crippen molar-refractivity contribution >= 4 is 27.7 Å². The van der Waals surface area contributed by atoms with Crippen molar-refractivity contribution in [2.75, 3.05) is 18.0 Å². The predicted molar refractivity (Wildman–Crippen MR) is 68.8 cm³/mol. The van der Waals surface area contributed by atoms with Crippen molar-refractivity contribution in [3.05, 3.63) is 16.5 Å². The summed E-state index contributed by atoms with van der Waals surface area (Å²) in [5.74, 6) is 1.75. The minimum Gasteiger partial charge on any atom is -0.368 e. The van der Waals surface area contributed by atoms with Crippen molar-refractivity contribution < 1.29 is 4.79 Å². The monoisotopic (exact) mass is 298 g/mol. The van der Waals surface area contributed by atoms with Gasteiger partial charge in [-0.1, -0.05) is 0 Å². The van der Waals surface area contributed by atoms with Gasteiger partial charge in [-0.2, -0.15) is 0 Å². The fraction of sp³-hybridized carbons (Fsp3) is 0.545. The lowest BCUT2D eigenvalue weighted by Gasteiger charge is -2.20. The molecule has 1 fully saturated rings. The van der Waals surface area contributed by atoms with Gasteiger partial charge in [0.2, 0.25) is 5.91 Å². The number of halogens is 1. The van der Waals surface area contributed by atoms with E-state index in [1.54, 1.807) is 0 Å². The number of hydrogen-bond donors (Lipinski definition) is 1. The molecule has 1 aliphatic rings. The number of rotatable bonds is 5. The zero-order valence-electron chi connectivity index (χ0n) is 9.69. The third kappa shape index (κ3) is 3.15. The first kappa shape index (κ1) is 12.3. The summed E-state index contributed by atoms with van der Waals surface area (Å²) in [6.07, 6.45) is 2.30. The molecule has 1 aliphatic carbocycles. The molecule has 1 saturated carbocycles. The maximum absolute atomic E-state index is 11.0. The van der Waals surface area contributed by atoms with Crippen LogP contribution in [0.15, 0.2) is 10.7 Å². The standard InChI is InChI=1S/C11H15BrN4O/c1-2-16(6-9(13)17)10-5-8(12)14-11(15-10)7-3-4-7/h5,7H,2-4,6H2,1H3,(H2,13,17). The smallest absolute Gasteiger partial charge is 0.236 e. The summed E-state index contributed by atoms with van der Waals surface area (Å²) in [4.78, 5) is 21.7. The summed E-state index contributed by atoms with van der Waals surface area (Å²) < 4.78 is 0.757. The second-order valence-electron chi connectivity index (χ2n) is 4.16. The average molecular weight is 299 g/mol. The fourth-order valence-electron chi connectivity index (χ4n) is 1.65. The van der Waals surface area contributed by atoms with E-state index in [0.29, 0.717) is 12.5 Å². The molecule has 6 heteroatoms. The lowest BCUT2D eigenvalue weighted by Crippen LogP contribution is -2.34. The fourth-order valence-corrected chi connectivity index (χ4v) is 2.04. The molecule has 2 N–H and O–H groups in total. The molecule has 0 bridgehead atoms. The zero-order valence-corrected chi connectivity index (χ0v) is 11.3. The van der Waals surface area contributed by atoms with Crippen LogP contribution in [-0.2, 0) is 4.79 Å². The molecule has 0 atom stereocenters. The Morgan fingerprint density at radius 2 is 2.29 bits per heavy atom. The van der Waals surface area contributed by atoms with E-state index in [1.807, 2.05) is 17.9 Å². The largest absolute Gasteiger partial charge is 0.368 e. The van der Waals surface area contributed by atoms with Crippen molar-refractivity contribution in [1.82, 2.24) is 9.97 Å². The Morgan fingerprint density at radius 1 is 1.59 bits per heavy atom. The summed E-state index contributed by atoms with van der Waals surface area (Å²) in [5.41, 5.74) is 5.22. The Kier molecular flexibility index (Phi) is 3.61. The van der Waals surface area contributed by atoms with Gasteiger partial charge in [-0.3, -0.25) is 4.79 Å². The molecule has 92 valence electrons. The van der Waals surface area contributed by atoms with Gasteiger partial charge in [0.1, 0.15) is 16.2 Å². The van der Waals surface area contributed by atoms with E-state index in [9.17, 15) is 4.79 Å². The number of hydrogen-bond acceptors (Lipinski definition) is 4. The van der Waals surface area contributed by atoms with E-state index in [0.717, 1.165) is 29.1 Å². The maximum Gasteiger partial charge on any atom is 0.236 e. The van der Waals surface area contributed by atoms with Gasteiger partial charge < -0.3 is 10.6 Å². The van der Waals surface area contributed by atoms with Gasteiger partial charge in [-0.05, 0) is 35.7 Å². The second-order valence-corrected chi connectivity index (χ2v) is 4.97. The molecule has 0 saturated heterocycles. The topological polar surface area (TPSA) is 72.1 Å². The number of likely N-dealkylation sites (N-methyl/N-ethyl adjacent to an activating group) is 1. The van der Waals surface area contributed by atoms with Gasteiger partial charge in [0.25, 0.3) is 0 Å². The molecule has 0 unspecified atom stereocenters. The van der Waals surface area contributed by atoms with Crippen molar-refractivity contribution in [3.8, 4) is 0 Å². The van der Waals surface area contributed by atoms with Crippen molar-refractivity contribution in [1.29, 1.82) is 0 Å². The highest BCUT2D eigenvalue weighted by atomic mass is 79.9. The molecule has 0 radical (unpaired) electrons. The van der Waals surface area contributed by atoms with Gasteiger partial charge >= 0.3 is 0 Å². The molecule has 0 aliphatic heterocycles. The highest BCUT2D eigenvalue weighted by Crippen LogP contribution is 2.39. The zero-order chi connectivity index (χ0) is 12.4. The van der Waals surface area contributed by atoms with Crippen LogP contribution in [0.1, 0.15) is 31.5 Å². The molecule has 0 aromatic carbocycles. The summed E-state index contributed by atoms with van der Waals surface area (Å²) in [7, 11) is 0. The van der Waals surface area contributed by atoms with Crippen LogP contribution in [-0.4, -0.2) is 29.0 Å². The van der Waals surface area contributed by atoms with E-state index in [4.69, 9.17) is 5.73 Å². The lowest BCUT2D eigenvalue weighted by atomic mass is 10.3. The first-order chi connectivity index (χ1) is 8.10. The van der Waals surface area contributed by atoms with Crippen molar-refractivity contribution in [2.45, 2.75) is 25.7 Å². The van der Waals surface area contributed by atoms with Crippen LogP contribution in [0.5, 0.6) is 0 Å². The summed E-state index contributed by atoms with van der Waals surface area (Å²) in [6, 6.07) is 1.82. The number of aromatic nitrogens is 2. The van der Waals surface area contributed by atoms with Crippen LogP contribution in [0.25, 0.3) is 0 Å². The molecule has 17 heavy (non-hydrogen) atoms. The number of carbonyl (C=O) groups is 1. The first-order valence-electron chi connectivity index (χ1n) is 5.68. The van der Waals surface area contributed by atoms with Crippen molar-refractivity contribution in [2.24, 2.45) is 5.73 Å². The predicted octanol–water partition coefficient (Wildman–Crippen LogP) is 1.43. The number of nitrogens with zero attached hydrogens (tertiary/aromatic N) is 3. The summed E-state index contributed by atoms with van der Waals surface area (Å²) >= 11 is 3.38. The highest BCUT2D eigenvalue weighted by molar-refractivity contribution is 9.10. The number of carbonyl (C=O) groups excluding carboxylic acids is 1. The third-order valence-corrected chi connectivity index (χ3v) is 3.10. The van der Waals surface area contributed by atoms with Gasteiger partial charge in [-0.25, -0.2) is 9.97 Å². The van der Waals surface area contributed by atoms with Crippen LogP contribution >= 0.6 is 15.9 Å². The molecule has 5 nitrogen and oxygen atoms in total. The number of amides is 1. The molecule has 1 aromatic heterocycles. The van der Waals surface area contributed by atoms with Crippen LogP contribution in [0.4, 0.5) is 5.82 Å². The Bertz CT molecular complexity index is 433. The quantitative estimate of drug-likeness (QED) is 0.835. The highest BCUT2D eigenvalue weighted by Gasteiger charge is 2.27. The molecular weight excluding hydrogens is 284 g/mol. The van der Waals surface area contributed by atoms with E-state index in [1.165, 1.54) is 0 Å². The molecule has 1 heterocycles. The maximum atomic E-state index is 11.0. The Morgan fingerprint density at radius 3 is 2.82 bits per heavy atom. The molecule has 2 rings (SSSR count). The van der Waals surface area contributed by atoms with Gasteiger partial charge in [0.15, 0.2) is 0 Å². The Labute approximate surface area is 109 Å². The minimum absolute atomic E-state index is 0.185. The van der Waals surface area contributed by atoms with E-state index < -0.39 is 0 Å². The SMILES string of the molecule is CCN(CC(N)=O)c1cc(Br)nc(C2CC2)n1. The van der Waals surface area contributed by atoms with Crippen LogP contribution < -0.4 is 10.6 Å². The van der Waals surface area contributed by atoms with E-state index >= 15 is 0 Å². The average Bonchev–Trinajstić information content (AvgIpc) is 3.08. The molecule has 1 aromatic rings. The molecular formula is C11H15BrN4O. The normalized spacial score (nSPS) is 14.7. The van der Waals surface area contributed by atoms with Crippen molar-refractivity contribution in [3.63, 3.8) is 0 Å². The summed E-state index contributed by atoms with van der Waals surface area (Å²) in [6.45, 7) is 2.84. The number of nitrogens with two attached hydrogens (primary N) is 1. The van der Waals surface area contributed by atoms with Crippen LogP contribution in [0.3, 0.4) is 0 Å². The molecule has 1 amide bonds. The lowest BCUT2D eigenvalue weighted by molar-refractivity contribution is -0.116. The summed E-state index contributed by atoms with van der Waals surface area (Å²) in [5, 5.41) is 0. The van der Waals surface area contributed by atoms with Gasteiger partial charge in [0, 0.05) is 18.5 Å².